The topological polar surface area (TPSA) is 92.3 Å². The summed E-state index contributed by atoms with van der Waals surface area (Å²) in [6.45, 7) is 2.83. The van der Waals surface area contributed by atoms with Gasteiger partial charge in [0.05, 0.1) is 28.1 Å². The highest BCUT2D eigenvalue weighted by atomic mass is 35.5. The van der Waals surface area contributed by atoms with Gasteiger partial charge >= 0.3 is 5.97 Å². The number of benzene rings is 2. The van der Waals surface area contributed by atoms with Crippen molar-refractivity contribution in [3.63, 3.8) is 0 Å². The van der Waals surface area contributed by atoms with Crippen LogP contribution in [0.15, 0.2) is 47.3 Å². The maximum Gasteiger partial charge on any atom is 0.335 e. The second-order valence-electron chi connectivity index (χ2n) is 6.57. The fraction of sp³-hybridized carbons (Fsp3) is 0.227. The number of carboxylic acids is 1. The van der Waals surface area contributed by atoms with Crippen LogP contribution in [-0.2, 0) is 0 Å². The van der Waals surface area contributed by atoms with Gasteiger partial charge in [0.1, 0.15) is 5.75 Å². The molecule has 2 aromatic carbocycles. The minimum atomic E-state index is -1.09. The van der Waals surface area contributed by atoms with E-state index in [1.165, 1.54) is 18.2 Å². The molecule has 6 nitrogen and oxygen atoms in total. The first-order valence-corrected chi connectivity index (χ1v) is 9.73. The number of nitrogens with zero attached hydrogens (tertiary/aromatic N) is 1. The van der Waals surface area contributed by atoms with Crippen LogP contribution in [0, 0.1) is 0 Å². The van der Waals surface area contributed by atoms with Crippen molar-refractivity contribution in [1.82, 2.24) is 9.97 Å². The van der Waals surface area contributed by atoms with Crippen LogP contribution in [0.25, 0.3) is 22.0 Å². The third-order valence-electron chi connectivity index (χ3n) is 4.37. The molecular weight excluding hydrogens is 392 g/mol. The van der Waals surface area contributed by atoms with Crippen LogP contribution >= 0.6 is 11.6 Å². The Morgan fingerprint density at radius 1 is 1.21 bits per heavy atom. The summed E-state index contributed by atoms with van der Waals surface area (Å²) >= 11 is 6.35. The van der Waals surface area contributed by atoms with E-state index in [9.17, 15) is 9.59 Å². The molecule has 0 unspecified atom stereocenters. The van der Waals surface area contributed by atoms with Crippen molar-refractivity contribution in [2.24, 2.45) is 0 Å². The highest BCUT2D eigenvalue weighted by Crippen LogP contribution is 2.22. The number of hydrogen-bond donors (Lipinski definition) is 2. The molecule has 3 aromatic rings. The zero-order valence-corrected chi connectivity index (χ0v) is 16.7. The molecular formula is C22H21ClN2O4. The summed E-state index contributed by atoms with van der Waals surface area (Å²) in [6.07, 6.45) is 4.98. The van der Waals surface area contributed by atoms with Crippen LogP contribution in [0.1, 0.15) is 47.9 Å². The third kappa shape index (κ3) is 5.23. The van der Waals surface area contributed by atoms with Crippen molar-refractivity contribution in [2.75, 3.05) is 6.61 Å². The van der Waals surface area contributed by atoms with Crippen LogP contribution in [0.2, 0.25) is 0 Å². The van der Waals surface area contributed by atoms with Gasteiger partial charge in [-0.1, -0.05) is 43.5 Å². The van der Waals surface area contributed by atoms with Gasteiger partial charge in [0.2, 0.25) is 0 Å². The highest BCUT2D eigenvalue weighted by molar-refractivity contribution is 6.50. The Hall–Kier alpha value is -3.12. The number of aromatic nitrogens is 2. The molecule has 29 heavy (non-hydrogen) atoms. The number of unbranched alkanes of at least 4 members (excludes halogenated alkanes) is 2. The standard InChI is InChI=1S/C22H21ClN2O4/c1-2-3-4-11-29-16-8-5-14(6-9-16)12-18(23)20-24-19-13-15(22(27)28)7-10-17(19)21(26)25-20/h5-10,12-13H,2-4,11H2,1H3,(H,27,28)(H,24,25,26)/b18-12-. The molecule has 0 aliphatic carbocycles. The molecule has 0 radical (unpaired) electrons. The molecule has 2 N–H and O–H groups in total. The van der Waals surface area contributed by atoms with Crippen LogP contribution < -0.4 is 10.3 Å². The number of carboxylic acid groups (broad SMARTS) is 1. The summed E-state index contributed by atoms with van der Waals surface area (Å²) in [7, 11) is 0. The molecule has 0 bridgehead atoms. The maximum atomic E-state index is 12.3. The van der Waals surface area contributed by atoms with Gasteiger partial charge in [-0.05, 0) is 48.4 Å². The number of rotatable bonds is 8. The number of aromatic carboxylic acids is 1. The molecule has 0 aliphatic heterocycles. The van der Waals surface area contributed by atoms with E-state index in [1.807, 2.05) is 24.3 Å². The number of aromatic amines is 1. The molecule has 150 valence electrons. The molecule has 0 saturated carbocycles. The Morgan fingerprint density at radius 2 is 1.97 bits per heavy atom. The van der Waals surface area contributed by atoms with Crippen LogP contribution in [0.4, 0.5) is 0 Å². The number of carbonyl (C=O) groups is 1. The molecule has 3 rings (SSSR count). The summed E-state index contributed by atoms with van der Waals surface area (Å²) < 4.78 is 5.69. The third-order valence-corrected chi connectivity index (χ3v) is 4.66. The van der Waals surface area contributed by atoms with E-state index in [-0.39, 0.29) is 27.5 Å². The fourth-order valence-corrected chi connectivity index (χ4v) is 3.02. The Labute approximate surface area is 172 Å². The predicted octanol–water partition coefficient (Wildman–Crippen LogP) is 4.93. The lowest BCUT2D eigenvalue weighted by molar-refractivity contribution is 0.0697. The van der Waals surface area contributed by atoms with E-state index in [2.05, 4.69) is 16.9 Å². The number of halogens is 1. The second kappa shape index (κ2) is 9.39. The molecule has 0 atom stereocenters. The number of ether oxygens (including phenoxy) is 1. The molecule has 0 spiro atoms. The van der Waals surface area contributed by atoms with Gasteiger partial charge in [0, 0.05) is 0 Å². The number of fused-ring (bicyclic) bond motifs is 1. The lowest BCUT2D eigenvalue weighted by atomic mass is 10.1. The zero-order valence-electron chi connectivity index (χ0n) is 15.9. The molecule has 0 saturated heterocycles. The van der Waals surface area contributed by atoms with Gasteiger partial charge in [-0.2, -0.15) is 0 Å². The Bertz CT molecular complexity index is 1100. The van der Waals surface area contributed by atoms with E-state index >= 15 is 0 Å². The van der Waals surface area contributed by atoms with E-state index in [0.29, 0.717) is 12.0 Å². The molecule has 7 heteroatoms. The lowest BCUT2D eigenvalue weighted by Gasteiger charge is -2.06. The predicted molar refractivity (Wildman–Crippen MR) is 115 cm³/mol. The summed E-state index contributed by atoms with van der Waals surface area (Å²) in [6, 6.07) is 11.6. The number of hydrogen-bond acceptors (Lipinski definition) is 4. The molecule has 0 aliphatic rings. The average Bonchev–Trinajstić information content (AvgIpc) is 2.71. The van der Waals surface area contributed by atoms with Crippen molar-refractivity contribution in [3.05, 3.63) is 69.8 Å². The van der Waals surface area contributed by atoms with Gasteiger partial charge in [0.15, 0.2) is 5.82 Å². The van der Waals surface area contributed by atoms with E-state index < -0.39 is 5.97 Å². The van der Waals surface area contributed by atoms with Crippen LogP contribution in [0.5, 0.6) is 5.75 Å². The van der Waals surface area contributed by atoms with E-state index in [1.54, 1.807) is 6.08 Å². The first kappa shape index (κ1) is 20.6. The molecule has 0 amide bonds. The van der Waals surface area contributed by atoms with Crippen molar-refractivity contribution < 1.29 is 14.6 Å². The van der Waals surface area contributed by atoms with Gasteiger partial charge in [-0.3, -0.25) is 4.79 Å². The van der Waals surface area contributed by atoms with Gasteiger partial charge in [0.25, 0.3) is 5.56 Å². The Morgan fingerprint density at radius 3 is 2.66 bits per heavy atom. The average molecular weight is 413 g/mol. The van der Waals surface area contributed by atoms with E-state index in [0.717, 1.165) is 30.6 Å². The van der Waals surface area contributed by atoms with Crippen molar-refractivity contribution in [1.29, 1.82) is 0 Å². The molecule has 0 fully saturated rings. The van der Waals surface area contributed by atoms with Gasteiger partial charge < -0.3 is 14.8 Å². The highest BCUT2D eigenvalue weighted by Gasteiger charge is 2.10. The SMILES string of the molecule is CCCCCOc1ccc(/C=C(\Cl)c2nc3cc(C(=O)O)ccc3c(=O)[nH]2)cc1. The Kier molecular flexibility index (Phi) is 6.67. The molecule has 1 aromatic heterocycles. The van der Waals surface area contributed by atoms with Crippen molar-refractivity contribution in [3.8, 4) is 5.75 Å². The largest absolute Gasteiger partial charge is 0.494 e. The first-order valence-electron chi connectivity index (χ1n) is 9.35. The summed E-state index contributed by atoms with van der Waals surface area (Å²) in [5.74, 6) is -0.131. The second-order valence-corrected chi connectivity index (χ2v) is 6.98. The first-order chi connectivity index (χ1) is 14.0. The summed E-state index contributed by atoms with van der Waals surface area (Å²) in [5.41, 5.74) is 0.754. The maximum absolute atomic E-state index is 12.3. The molecule has 1 heterocycles. The summed E-state index contributed by atoms with van der Waals surface area (Å²) in [5, 5.41) is 9.66. The van der Waals surface area contributed by atoms with Crippen LogP contribution in [-0.4, -0.2) is 27.7 Å². The van der Waals surface area contributed by atoms with Crippen molar-refractivity contribution >= 4 is 39.6 Å². The monoisotopic (exact) mass is 412 g/mol. The lowest BCUT2D eigenvalue weighted by Crippen LogP contribution is -2.11. The summed E-state index contributed by atoms with van der Waals surface area (Å²) in [4.78, 5) is 30.4. The van der Waals surface area contributed by atoms with Gasteiger partial charge in [-0.15, -0.1) is 0 Å². The number of nitrogens with one attached hydrogen (secondary N) is 1. The zero-order chi connectivity index (χ0) is 20.8. The quantitative estimate of drug-likeness (QED) is 0.512. The number of H-pyrrole nitrogens is 1. The van der Waals surface area contributed by atoms with Crippen molar-refractivity contribution in [2.45, 2.75) is 26.2 Å². The van der Waals surface area contributed by atoms with E-state index in [4.69, 9.17) is 21.4 Å². The normalized spacial score (nSPS) is 11.6. The minimum Gasteiger partial charge on any atom is -0.494 e. The smallest absolute Gasteiger partial charge is 0.335 e. The minimum absolute atomic E-state index is 0.0520. The Balaban J connectivity index is 1.82. The fourth-order valence-electron chi connectivity index (χ4n) is 2.80. The van der Waals surface area contributed by atoms with Crippen LogP contribution in [0.3, 0.4) is 0 Å². The van der Waals surface area contributed by atoms with Gasteiger partial charge in [-0.25, -0.2) is 9.78 Å².